The SMILES string of the molecule is COc1ccc(Nc2nc3ccccc3n3c(C)nnc23)cc1OC. The van der Waals surface area contributed by atoms with Crippen molar-refractivity contribution in [3.63, 3.8) is 0 Å². The lowest BCUT2D eigenvalue weighted by molar-refractivity contribution is 0.355. The van der Waals surface area contributed by atoms with Gasteiger partial charge in [-0.2, -0.15) is 0 Å². The number of aryl methyl sites for hydroxylation is 1. The van der Waals surface area contributed by atoms with Crippen molar-refractivity contribution in [1.82, 2.24) is 19.6 Å². The van der Waals surface area contributed by atoms with Gasteiger partial charge >= 0.3 is 0 Å². The fourth-order valence-electron chi connectivity index (χ4n) is 2.86. The lowest BCUT2D eigenvalue weighted by Crippen LogP contribution is -2.01. The number of nitrogens with one attached hydrogen (secondary N) is 1. The summed E-state index contributed by atoms with van der Waals surface area (Å²) >= 11 is 0. The van der Waals surface area contributed by atoms with Crippen LogP contribution in [0.3, 0.4) is 0 Å². The zero-order valence-corrected chi connectivity index (χ0v) is 14.1. The minimum atomic E-state index is 0.631. The highest BCUT2D eigenvalue weighted by molar-refractivity contribution is 5.84. The maximum Gasteiger partial charge on any atom is 0.204 e. The molecule has 126 valence electrons. The Morgan fingerprint density at radius 3 is 2.56 bits per heavy atom. The van der Waals surface area contributed by atoms with E-state index in [1.165, 1.54) is 0 Å². The van der Waals surface area contributed by atoms with Gasteiger partial charge in [-0.15, -0.1) is 10.2 Å². The van der Waals surface area contributed by atoms with Gasteiger partial charge in [0.2, 0.25) is 5.65 Å². The highest BCUT2D eigenvalue weighted by Gasteiger charge is 2.14. The first-order chi connectivity index (χ1) is 12.2. The first-order valence-electron chi connectivity index (χ1n) is 7.81. The summed E-state index contributed by atoms with van der Waals surface area (Å²) in [5.74, 6) is 2.75. The van der Waals surface area contributed by atoms with Gasteiger partial charge in [0.15, 0.2) is 17.3 Å². The minimum absolute atomic E-state index is 0.631. The molecule has 1 N–H and O–H groups in total. The van der Waals surface area contributed by atoms with Crippen molar-refractivity contribution in [2.45, 2.75) is 6.92 Å². The Hall–Kier alpha value is -3.35. The Labute approximate surface area is 144 Å². The molecule has 0 spiro atoms. The third-order valence-electron chi connectivity index (χ3n) is 4.04. The lowest BCUT2D eigenvalue weighted by atomic mass is 10.2. The molecule has 0 aliphatic carbocycles. The van der Waals surface area contributed by atoms with Crippen LogP contribution in [-0.2, 0) is 0 Å². The molecule has 2 aromatic heterocycles. The van der Waals surface area contributed by atoms with E-state index in [2.05, 4.69) is 15.5 Å². The number of anilines is 2. The Morgan fingerprint density at radius 1 is 0.960 bits per heavy atom. The van der Waals surface area contributed by atoms with E-state index in [4.69, 9.17) is 14.5 Å². The number of methoxy groups -OCH3 is 2. The van der Waals surface area contributed by atoms with Crippen LogP contribution in [0.25, 0.3) is 16.7 Å². The van der Waals surface area contributed by atoms with E-state index in [-0.39, 0.29) is 0 Å². The van der Waals surface area contributed by atoms with E-state index >= 15 is 0 Å². The van der Waals surface area contributed by atoms with Crippen molar-refractivity contribution in [3.8, 4) is 11.5 Å². The third-order valence-corrected chi connectivity index (χ3v) is 4.04. The van der Waals surface area contributed by atoms with E-state index in [0.717, 1.165) is 22.5 Å². The molecule has 0 unspecified atom stereocenters. The van der Waals surface area contributed by atoms with Gasteiger partial charge in [0.1, 0.15) is 5.82 Å². The monoisotopic (exact) mass is 335 g/mol. The van der Waals surface area contributed by atoms with Crippen LogP contribution in [0.5, 0.6) is 11.5 Å². The van der Waals surface area contributed by atoms with Crippen molar-refractivity contribution in [2.75, 3.05) is 19.5 Å². The molecule has 25 heavy (non-hydrogen) atoms. The average Bonchev–Trinajstić information content (AvgIpc) is 3.04. The fourth-order valence-corrected chi connectivity index (χ4v) is 2.86. The second-order valence-corrected chi connectivity index (χ2v) is 5.55. The molecule has 0 saturated heterocycles. The second-order valence-electron chi connectivity index (χ2n) is 5.55. The summed E-state index contributed by atoms with van der Waals surface area (Å²) in [7, 11) is 3.22. The number of fused-ring (bicyclic) bond motifs is 3. The first kappa shape index (κ1) is 15.2. The van der Waals surface area contributed by atoms with E-state index in [1.807, 2.05) is 53.8 Å². The standard InChI is InChI=1S/C18H17N5O2/c1-11-21-22-18-17(20-13-6-4-5-7-14(13)23(11)18)19-12-8-9-15(24-2)16(10-12)25-3/h4-10H,1-3H3,(H,19,20). The highest BCUT2D eigenvalue weighted by Crippen LogP contribution is 2.32. The molecule has 2 heterocycles. The van der Waals surface area contributed by atoms with Crippen LogP contribution in [0.1, 0.15) is 5.82 Å². The molecule has 4 rings (SSSR count). The molecular weight excluding hydrogens is 318 g/mol. The summed E-state index contributed by atoms with van der Waals surface area (Å²) in [6, 6.07) is 13.5. The van der Waals surface area contributed by atoms with E-state index in [1.54, 1.807) is 14.2 Å². The summed E-state index contributed by atoms with van der Waals surface area (Å²) in [6.07, 6.45) is 0. The number of aromatic nitrogens is 4. The molecule has 2 aromatic carbocycles. The fraction of sp³-hybridized carbons (Fsp3) is 0.167. The predicted octanol–water partition coefficient (Wildman–Crippen LogP) is 3.35. The van der Waals surface area contributed by atoms with Crippen LogP contribution in [-0.4, -0.2) is 33.8 Å². The van der Waals surface area contributed by atoms with Gasteiger partial charge in [0.05, 0.1) is 25.3 Å². The Morgan fingerprint density at radius 2 is 1.76 bits per heavy atom. The molecular formula is C18H17N5O2. The molecule has 0 fully saturated rings. The van der Waals surface area contributed by atoms with Gasteiger partial charge in [0, 0.05) is 11.8 Å². The number of hydrogen-bond acceptors (Lipinski definition) is 6. The van der Waals surface area contributed by atoms with Gasteiger partial charge in [0.25, 0.3) is 0 Å². The van der Waals surface area contributed by atoms with E-state index < -0.39 is 0 Å². The molecule has 0 saturated carbocycles. The van der Waals surface area contributed by atoms with E-state index in [9.17, 15) is 0 Å². The third kappa shape index (κ3) is 2.50. The summed E-state index contributed by atoms with van der Waals surface area (Å²) in [4.78, 5) is 4.70. The lowest BCUT2D eigenvalue weighted by Gasteiger charge is -2.12. The van der Waals surface area contributed by atoms with Crippen molar-refractivity contribution < 1.29 is 9.47 Å². The molecule has 4 aromatic rings. The maximum absolute atomic E-state index is 5.36. The molecule has 0 amide bonds. The van der Waals surface area contributed by atoms with Gasteiger partial charge in [-0.25, -0.2) is 4.98 Å². The van der Waals surface area contributed by atoms with Crippen LogP contribution in [0.4, 0.5) is 11.5 Å². The van der Waals surface area contributed by atoms with Crippen LogP contribution in [0, 0.1) is 6.92 Å². The second kappa shape index (κ2) is 5.94. The zero-order chi connectivity index (χ0) is 17.4. The molecule has 0 bridgehead atoms. The van der Waals surface area contributed by atoms with Gasteiger partial charge in [-0.1, -0.05) is 12.1 Å². The molecule has 0 aliphatic heterocycles. The van der Waals surface area contributed by atoms with Crippen molar-refractivity contribution in [1.29, 1.82) is 0 Å². The number of rotatable bonds is 4. The van der Waals surface area contributed by atoms with Gasteiger partial charge in [-0.3, -0.25) is 4.40 Å². The zero-order valence-electron chi connectivity index (χ0n) is 14.1. The highest BCUT2D eigenvalue weighted by atomic mass is 16.5. The first-order valence-corrected chi connectivity index (χ1v) is 7.81. The van der Waals surface area contributed by atoms with E-state index in [0.29, 0.717) is 23.0 Å². The summed E-state index contributed by atoms with van der Waals surface area (Å²) in [6.45, 7) is 1.92. The van der Waals surface area contributed by atoms with Gasteiger partial charge in [-0.05, 0) is 31.2 Å². The molecule has 0 aliphatic rings. The number of para-hydroxylation sites is 2. The molecule has 7 nitrogen and oxygen atoms in total. The number of nitrogens with zero attached hydrogens (tertiary/aromatic N) is 4. The van der Waals surface area contributed by atoms with Crippen LogP contribution in [0.2, 0.25) is 0 Å². The predicted molar refractivity (Wildman–Crippen MR) is 95.9 cm³/mol. The number of ether oxygens (including phenoxy) is 2. The van der Waals surface area contributed by atoms with Gasteiger partial charge < -0.3 is 14.8 Å². The molecule has 7 heteroatoms. The van der Waals surface area contributed by atoms with Crippen molar-refractivity contribution >= 4 is 28.2 Å². The topological polar surface area (TPSA) is 73.6 Å². The quantitative estimate of drug-likeness (QED) is 0.616. The average molecular weight is 335 g/mol. The van der Waals surface area contributed by atoms with Crippen LogP contribution >= 0.6 is 0 Å². The summed E-state index contributed by atoms with van der Waals surface area (Å²) < 4.78 is 12.6. The van der Waals surface area contributed by atoms with Crippen molar-refractivity contribution in [2.24, 2.45) is 0 Å². The largest absolute Gasteiger partial charge is 0.493 e. The summed E-state index contributed by atoms with van der Waals surface area (Å²) in [5.41, 5.74) is 3.33. The normalized spacial score (nSPS) is 11.0. The summed E-state index contributed by atoms with van der Waals surface area (Å²) in [5, 5.41) is 11.8. The molecule has 0 radical (unpaired) electrons. The number of hydrogen-bond donors (Lipinski definition) is 1. The Balaban J connectivity index is 1.86. The molecule has 0 atom stereocenters. The smallest absolute Gasteiger partial charge is 0.204 e. The van der Waals surface area contributed by atoms with Crippen LogP contribution in [0.15, 0.2) is 42.5 Å². The number of benzene rings is 2. The maximum atomic E-state index is 5.36. The van der Waals surface area contributed by atoms with Crippen molar-refractivity contribution in [3.05, 3.63) is 48.3 Å². The Kier molecular flexibility index (Phi) is 3.61. The Bertz CT molecular complexity index is 1070. The van der Waals surface area contributed by atoms with Crippen LogP contribution < -0.4 is 14.8 Å². The minimum Gasteiger partial charge on any atom is -0.493 e.